The molecule has 0 aliphatic heterocycles. The molecule has 19 heavy (non-hydrogen) atoms. The monoisotopic (exact) mass is 283 g/mol. The zero-order chi connectivity index (χ0) is 14.0. The van der Waals surface area contributed by atoms with Gasteiger partial charge in [0.1, 0.15) is 5.82 Å². The predicted molar refractivity (Wildman–Crippen MR) is 78.9 cm³/mol. The minimum absolute atomic E-state index is 0.0900. The van der Waals surface area contributed by atoms with Crippen LogP contribution in [-0.4, -0.2) is 7.05 Å². The van der Waals surface area contributed by atoms with E-state index in [0.717, 1.165) is 17.9 Å². The van der Waals surface area contributed by atoms with Crippen molar-refractivity contribution < 1.29 is 4.39 Å². The third-order valence-electron chi connectivity index (χ3n) is 4.72. The Balaban J connectivity index is 2.20. The third kappa shape index (κ3) is 3.29. The highest BCUT2D eigenvalue weighted by molar-refractivity contribution is 6.30. The van der Waals surface area contributed by atoms with Crippen molar-refractivity contribution in [3.05, 3.63) is 34.6 Å². The Labute approximate surface area is 120 Å². The molecule has 3 heteroatoms. The first kappa shape index (κ1) is 14.8. The van der Waals surface area contributed by atoms with E-state index < -0.39 is 0 Å². The van der Waals surface area contributed by atoms with Gasteiger partial charge in [-0.05, 0) is 49.8 Å². The molecule has 0 spiro atoms. The number of hydrogen-bond donors (Lipinski definition) is 1. The Morgan fingerprint density at radius 1 is 1.26 bits per heavy atom. The van der Waals surface area contributed by atoms with Crippen LogP contribution >= 0.6 is 11.6 Å². The fourth-order valence-corrected chi connectivity index (χ4v) is 3.45. The van der Waals surface area contributed by atoms with Gasteiger partial charge in [-0.15, -0.1) is 0 Å². The molecule has 1 aromatic rings. The molecule has 0 bridgehead atoms. The largest absolute Gasteiger partial charge is 0.313 e. The van der Waals surface area contributed by atoms with Crippen molar-refractivity contribution in [2.45, 2.75) is 39.2 Å². The molecule has 1 nitrogen and oxygen atoms in total. The quantitative estimate of drug-likeness (QED) is 0.839. The fourth-order valence-electron chi connectivity index (χ4n) is 3.29. The summed E-state index contributed by atoms with van der Waals surface area (Å²) in [5.74, 6) is 1.80. The molecule has 1 aliphatic carbocycles. The van der Waals surface area contributed by atoms with Crippen molar-refractivity contribution in [2.75, 3.05) is 7.05 Å². The number of hydrogen-bond acceptors (Lipinski definition) is 1. The maximum absolute atomic E-state index is 14.1. The van der Waals surface area contributed by atoms with Gasteiger partial charge in [0.25, 0.3) is 0 Å². The van der Waals surface area contributed by atoms with Crippen LogP contribution in [0.1, 0.15) is 44.7 Å². The fraction of sp³-hybridized carbons (Fsp3) is 0.625. The van der Waals surface area contributed by atoms with Crippen molar-refractivity contribution in [1.29, 1.82) is 0 Å². The minimum Gasteiger partial charge on any atom is -0.313 e. The molecule has 4 unspecified atom stereocenters. The van der Waals surface area contributed by atoms with Gasteiger partial charge in [-0.1, -0.05) is 37.9 Å². The smallest absolute Gasteiger partial charge is 0.129 e. The Hall–Kier alpha value is -0.600. The normalized spacial score (nSPS) is 29.2. The first-order valence-corrected chi connectivity index (χ1v) is 7.53. The summed E-state index contributed by atoms with van der Waals surface area (Å²) in [7, 11) is 1.92. The van der Waals surface area contributed by atoms with Gasteiger partial charge >= 0.3 is 0 Å². The van der Waals surface area contributed by atoms with E-state index in [4.69, 9.17) is 11.6 Å². The lowest BCUT2D eigenvalue weighted by Crippen LogP contribution is -2.32. The van der Waals surface area contributed by atoms with Crippen molar-refractivity contribution in [3.63, 3.8) is 0 Å². The van der Waals surface area contributed by atoms with Crippen molar-refractivity contribution in [2.24, 2.45) is 17.8 Å². The topological polar surface area (TPSA) is 12.0 Å². The second kappa shape index (κ2) is 6.23. The van der Waals surface area contributed by atoms with Crippen LogP contribution < -0.4 is 5.32 Å². The molecule has 0 saturated heterocycles. The molecular formula is C16H23ClFN. The maximum Gasteiger partial charge on any atom is 0.129 e. The molecule has 106 valence electrons. The first-order chi connectivity index (χ1) is 9.02. The van der Waals surface area contributed by atoms with E-state index in [-0.39, 0.29) is 11.9 Å². The van der Waals surface area contributed by atoms with Gasteiger partial charge in [0, 0.05) is 16.6 Å². The summed E-state index contributed by atoms with van der Waals surface area (Å²) in [6.45, 7) is 4.62. The molecule has 0 heterocycles. The highest BCUT2D eigenvalue weighted by Crippen LogP contribution is 2.40. The van der Waals surface area contributed by atoms with Gasteiger partial charge in [0.05, 0.1) is 0 Å². The molecule has 0 amide bonds. The lowest BCUT2D eigenvalue weighted by atomic mass is 9.72. The molecule has 1 N–H and O–H groups in total. The van der Waals surface area contributed by atoms with E-state index in [1.54, 1.807) is 6.07 Å². The maximum atomic E-state index is 14.1. The average Bonchev–Trinajstić information content (AvgIpc) is 2.37. The van der Waals surface area contributed by atoms with Gasteiger partial charge in [0.2, 0.25) is 0 Å². The molecule has 1 saturated carbocycles. The van der Waals surface area contributed by atoms with Gasteiger partial charge in [0.15, 0.2) is 0 Å². The van der Waals surface area contributed by atoms with Gasteiger partial charge < -0.3 is 5.32 Å². The molecule has 4 atom stereocenters. The Kier molecular flexibility index (Phi) is 4.86. The van der Waals surface area contributed by atoms with E-state index >= 15 is 0 Å². The van der Waals surface area contributed by atoms with Crippen LogP contribution in [-0.2, 0) is 0 Å². The number of rotatable bonds is 3. The Morgan fingerprint density at radius 3 is 2.58 bits per heavy atom. The van der Waals surface area contributed by atoms with Gasteiger partial charge in [-0.25, -0.2) is 4.39 Å². The SMILES string of the molecule is CNC(c1ccc(Cl)cc1F)C1CCC(C)C(C)C1. The molecule has 1 fully saturated rings. The van der Waals surface area contributed by atoms with E-state index in [1.807, 2.05) is 13.1 Å². The highest BCUT2D eigenvalue weighted by atomic mass is 35.5. The Bertz CT molecular complexity index is 435. The summed E-state index contributed by atoms with van der Waals surface area (Å²) >= 11 is 5.83. The summed E-state index contributed by atoms with van der Waals surface area (Å²) in [5, 5.41) is 3.76. The summed E-state index contributed by atoms with van der Waals surface area (Å²) in [4.78, 5) is 0. The van der Waals surface area contributed by atoms with E-state index in [9.17, 15) is 4.39 Å². The van der Waals surface area contributed by atoms with Gasteiger partial charge in [-0.3, -0.25) is 0 Å². The summed E-state index contributed by atoms with van der Waals surface area (Å²) in [6, 6.07) is 5.10. The summed E-state index contributed by atoms with van der Waals surface area (Å²) in [6.07, 6.45) is 3.56. The summed E-state index contributed by atoms with van der Waals surface area (Å²) in [5.41, 5.74) is 0.749. The van der Waals surface area contributed by atoms with Gasteiger partial charge in [-0.2, -0.15) is 0 Å². The van der Waals surface area contributed by atoms with Crippen molar-refractivity contribution >= 4 is 11.6 Å². The van der Waals surface area contributed by atoms with E-state index in [1.165, 1.54) is 18.9 Å². The highest BCUT2D eigenvalue weighted by Gasteiger charge is 2.31. The second-order valence-electron chi connectivity index (χ2n) is 5.96. The predicted octanol–water partition coefficient (Wildman–Crippen LogP) is 4.81. The van der Waals surface area contributed by atoms with E-state index in [2.05, 4.69) is 19.2 Å². The molecule has 1 aromatic carbocycles. The number of benzene rings is 1. The molecule has 2 rings (SSSR count). The molecule has 0 aromatic heterocycles. The zero-order valence-electron chi connectivity index (χ0n) is 11.9. The summed E-state index contributed by atoms with van der Waals surface area (Å²) < 4.78 is 14.1. The lowest BCUT2D eigenvalue weighted by Gasteiger charge is -2.37. The van der Waals surface area contributed by atoms with E-state index in [0.29, 0.717) is 16.9 Å². The Morgan fingerprint density at radius 2 is 2.00 bits per heavy atom. The van der Waals surface area contributed by atoms with Crippen LogP contribution in [0.4, 0.5) is 4.39 Å². The number of halogens is 2. The van der Waals surface area contributed by atoms with Crippen LogP contribution in [0.2, 0.25) is 5.02 Å². The third-order valence-corrected chi connectivity index (χ3v) is 4.95. The van der Waals surface area contributed by atoms with Crippen LogP contribution in [0.3, 0.4) is 0 Å². The van der Waals surface area contributed by atoms with Crippen LogP contribution in [0, 0.1) is 23.6 Å². The van der Waals surface area contributed by atoms with Crippen LogP contribution in [0.15, 0.2) is 18.2 Å². The zero-order valence-corrected chi connectivity index (χ0v) is 12.7. The molecule has 1 aliphatic rings. The lowest BCUT2D eigenvalue weighted by molar-refractivity contribution is 0.173. The second-order valence-corrected chi connectivity index (χ2v) is 6.40. The van der Waals surface area contributed by atoms with Crippen LogP contribution in [0.25, 0.3) is 0 Å². The van der Waals surface area contributed by atoms with Crippen LogP contribution in [0.5, 0.6) is 0 Å². The minimum atomic E-state index is -0.196. The molecular weight excluding hydrogens is 261 g/mol. The van der Waals surface area contributed by atoms with Crippen molar-refractivity contribution in [3.8, 4) is 0 Å². The average molecular weight is 284 g/mol. The standard InChI is InChI=1S/C16H23ClFN/c1-10-4-5-12(8-11(10)2)16(19-3)14-7-6-13(17)9-15(14)18/h6-7,9-12,16,19H,4-5,8H2,1-3H3. The first-order valence-electron chi connectivity index (χ1n) is 7.15. The number of nitrogens with one attached hydrogen (secondary N) is 1. The molecule has 0 radical (unpaired) electrons. The van der Waals surface area contributed by atoms with Crippen molar-refractivity contribution in [1.82, 2.24) is 5.32 Å².